The third kappa shape index (κ3) is 5.73. The second-order valence-electron chi connectivity index (χ2n) is 9.74. The Morgan fingerprint density at radius 2 is 1.88 bits per heavy atom. The van der Waals surface area contributed by atoms with E-state index in [1.54, 1.807) is 13.1 Å². The number of hydrogen-bond acceptors (Lipinski definition) is 8. The van der Waals surface area contributed by atoms with Gasteiger partial charge in [-0.2, -0.15) is 9.04 Å². The molecule has 3 atom stereocenters. The Morgan fingerprint density at radius 3 is 2.58 bits per heavy atom. The largest absolute Gasteiger partial charge is 0.618 e. The van der Waals surface area contributed by atoms with Crippen molar-refractivity contribution in [2.75, 3.05) is 6.54 Å². The number of carbonyl (C=O) groups excluding carboxylic acids is 4. The second-order valence-corrected chi connectivity index (χ2v) is 11.6. The molecule has 0 saturated carbocycles. The SMILES string of the molecule is C[C@@H]1CC[C@H](N(C(=O)CC(N)=O)C(=O)[C@@H](N)Cc2c[nH]c3ccccc23)C(=O)CN1S(=O)(=O)c1cccc[n+]1[O-]. The normalized spacial score (nSPS) is 19.2. The van der Waals surface area contributed by atoms with Crippen LogP contribution in [0.4, 0.5) is 0 Å². The molecule has 1 aromatic carbocycles. The van der Waals surface area contributed by atoms with Crippen molar-refractivity contribution in [3.63, 3.8) is 0 Å². The standard InChI is InChI=1S/C26H30N6O7S/c1-16-9-10-21(22(33)15-31(16)40(38,39)25-8-4-5-11-30(25)37)32(24(35)13-23(28)34)26(36)19(27)12-17-14-29-20-7-3-2-6-18(17)20/h2-8,11,14,16,19,21,29H,9-10,12-13,15,27H2,1H3,(H2,28,34)/t16-,19+,21+/m1/s1. The van der Waals surface area contributed by atoms with Gasteiger partial charge in [-0.15, -0.1) is 0 Å². The summed E-state index contributed by atoms with van der Waals surface area (Å²) < 4.78 is 27.7. The number of aromatic amines is 1. The average Bonchev–Trinajstić information content (AvgIpc) is 3.24. The molecule has 14 heteroatoms. The highest BCUT2D eigenvalue weighted by Gasteiger charge is 2.44. The number of Topliss-reactive ketones (excluding diaryl/α,β-unsaturated/α-hetero) is 1. The first-order valence-electron chi connectivity index (χ1n) is 12.6. The Kier molecular flexibility index (Phi) is 8.32. The number of rotatable bonds is 8. The highest BCUT2D eigenvalue weighted by molar-refractivity contribution is 7.89. The zero-order valence-corrected chi connectivity index (χ0v) is 22.5. The van der Waals surface area contributed by atoms with Crippen LogP contribution in [0.5, 0.6) is 0 Å². The van der Waals surface area contributed by atoms with Crippen molar-refractivity contribution >= 4 is 44.4 Å². The molecule has 0 bridgehead atoms. The van der Waals surface area contributed by atoms with E-state index in [1.165, 1.54) is 12.1 Å². The van der Waals surface area contributed by atoms with Crippen LogP contribution < -0.4 is 16.2 Å². The zero-order chi connectivity index (χ0) is 29.2. The first-order valence-corrected chi connectivity index (χ1v) is 14.0. The average molecular weight is 571 g/mol. The van der Waals surface area contributed by atoms with Crippen molar-refractivity contribution in [2.24, 2.45) is 11.5 Å². The van der Waals surface area contributed by atoms with Gasteiger partial charge in [0.25, 0.3) is 0 Å². The minimum absolute atomic E-state index is 0.0263. The summed E-state index contributed by atoms with van der Waals surface area (Å²) in [6, 6.07) is 7.85. The smallest absolute Gasteiger partial charge is 0.323 e. The summed E-state index contributed by atoms with van der Waals surface area (Å²) in [4.78, 5) is 55.5. The number of hydrogen-bond donors (Lipinski definition) is 3. The van der Waals surface area contributed by atoms with Crippen LogP contribution in [0.15, 0.2) is 59.9 Å². The number of imide groups is 1. The first-order chi connectivity index (χ1) is 18.9. The van der Waals surface area contributed by atoms with Gasteiger partial charge in [-0.05, 0) is 43.9 Å². The number of ketones is 1. The number of primary amides is 1. The number of benzene rings is 1. The number of carbonyl (C=O) groups is 4. The molecule has 1 saturated heterocycles. The van der Waals surface area contributed by atoms with E-state index in [-0.39, 0.29) is 24.0 Å². The Hall–Kier alpha value is -4.14. The molecule has 212 valence electrons. The lowest BCUT2D eigenvalue weighted by Crippen LogP contribution is -2.56. The summed E-state index contributed by atoms with van der Waals surface area (Å²) in [7, 11) is -4.41. The highest BCUT2D eigenvalue weighted by Crippen LogP contribution is 2.26. The van der Waals surface area contributed by atoms with Gasteiger partial charge in [-0.1, -0.05) is 18.2 Å². The maximum absolute atomic E-state index is 13.6. The van der Waals surface area contributed by atoms with Gasteiger partial charge in [0.1, 0.15) is 6.42 Å². The molecule has 1 aliphatic rings. The summed E-state index contributed by atoms with van der Waals surface area (Å²) in [5.41, 5.74) is 13.0. The number of pyridine rings is 1. The molecule has 13 nitrogen and oxygen atoms in total. The fraction of sp³-hybridized carbons (Fsp3) is 0.346. The van der Waals surface area contributed by atoms with E-state index in [0.29, 0.717) is 10.5 Å². The predicted octanol–water partition coefficient (Wildman–Crippen LogP) is -0.287. The lowest BCUT2D eigenvalue weighted by molar-refractivity contribution is -0.646. The van der Waals surface area contributed by atoms with Crippen molar-refractivity contribution in [1.82, 2.24) is 14.2 Å². The number of nitrogens with zero attached hydrogens (tertiary/aromatic N) is 3. The third-order valence-corrected chi connectivity index (χ3v) is 8.92. The Labute approximate surface area is 230 Å². The molecule has 1 fully saturated rings. The molecule has 4 rings (SSSR count). The minimum atomic E-state index is -4.41. The topological polar surface area (TPSA) is 204 Å². The maximum Gasteiger partial charge on any atom is 0.323 e. The summed E-state index contributed by atoms with van der Waals surface area (Å²) >= 11 is 0. The summed E-state index contributed by atoms with van der Waals surface area (Å²) in [6.07, 6.45) is 1.91. The summed E-state index contributed by atoms with van der Waals surface area (Å²) in [5.74, 6) is -3.66. The van der Waals surface area contributed by atoms with Crippen LogP contribution in [0.25, 0.3) is 10.9 Å². The van der Waals surface area contributed by atoms with E-state index in [0.717, 1.165) is 27.5 Å². The molecule has 2 aromatic heterocycles. The van der Waals surface area contributed by atoms with E-state index in [2.05, 4.69) is 4.98 Å². The second kappa shape index (κ2) is 11.5. The number of para-hydroxylation sites is 1. The third-order valence-electron chi connectivity index (χ3n) is 6.97. The van der Waals surface area contributed by atoms with E-state index in [1.807, 2.05) is 24.3 Å². The molecular formula is C26H30N6O7S. The van der Waals surface area contributed by atoms with Crippen molar-refractivity contribution in [3.05, 3.63) is 65.6 Å². The van der Waals surface area contributed by atoms with Crippen LogP contribution in [-0.2, 0) is 35.6 Å². The molecule has 0 radical (unpaired) electrons. The van der Waals surface area contributed by atoms with Crippen LogP contribution in [0.1, 0.15) is 31.7 Å². The Balaban J connectivity index is 1.63. The minimum Gasteiger partial charge on any atom is -0.618 e. The first kappa shape index (κ1) is 28.9. The van der Waals surface area contributed by atoms with E-state index in [9.17, 15) is 32.8 Å². The number of amides is 3. The van der Waals surface area contributed by atoms with Crippen LogP contribution in [0.3, 0.4) is 0 Å². The molecule has 3 heterocycles. The molecule has 0 spiro atoms. The molecule has 5 N–H and O–H groups in total. The molecule has 0 unspecified atom stereocenters. The van der Waals surface area contributed by atoms with Gasteiger partial charge < -0.3 is 21.7 Å². The molecule has 1 aliphatic heterocycles. The quantitative estimate of drug-likeness (QED) is 0.186. The maximum atomic E-state index is 13.6. The lowest BCUT2D eigenvalue weighted by Gasteiger charge is -2.30. The molecule has 0 aliphatic carbocycles. The van der Waals surface area contributed by atoms with E-state index in [4.69, 9.17) is 11.5 Å². The molecule has 3 amide bonds. The van der Waals surface area contributed by atoms with Crippen molar-refractivity contribution in [1.29, 1.82) is 0 Å². The number of nitrogens with two attached hydrogens (primary N) is 2. The van der Waals surface area contributed by atoms with Crippen LogP contribution in [-0.4, -0.2) is 70.8 Å². The van der Waals surface area contributed by atoms with Crippen LogP contribution >= 0.6 is 0 Å². The Morgan fingerprint density at radius 1 is 1.18 bits per heavy atom. The zero-order valence-electron chi connectivity index (χ0n) is 21.7. The van der Waals surface area contributed by atoms with Gasteiger partial charge in [-0.25, -0.2) is 8.42 Å². The molecular weight excluding hydrogens is 540 g/mol. The fourth-order valence-electron chi connectivity index (χ4n) is 4.93. The van der Waals surface area contributed by atoms with Gasteiger partial charge in [-0.3, -0.25) is 24.1 Å². The predicted molar refractivity (Wildman–Crippen MR) is 142 cm³/mol. The number of aromatic nitrogens is 2. The van der Waals surface area contributed by atoms with Gasteiger partial charge in [0.15, 0.2) is 12.0 Å². The van der Waals surface area contributed by atoms with Crippen LogP contribution in [0, 0.1) is 5.21 Å². The van der Waals surface area contributed by atoms with Gasteiger partial charge in [0, 0.05) is 35.3 Å². The van der Waals surface area contributed by atoms with Crippen molar-refractivity contribution < 1.29 is 32.3 Å². The lowest BCUT2D eigenvalue weighted by atomic mass is 10.00. The fourth-order valence-corrected chi connectivity index (χ4v) is 6.59. The summed E-state index contributed by atoms with van der Waals surface area (Å²) in [6.45, 7) is 0.861. The highest BCUT2D eigenvalue weighted by atomic mass is 32.2. The van der Waals surface area contributed by atoms with Crippen molar-refractivity contribution in [2.45, 2.75) is 55.8 Å². The number of H-pyrrole nitrogens is 1. The Bertz CT molecular complexity index is 1570. The molecule has 3 aromatic rings. The summed E-state index contributed by atoms with van der Waals surface area (Å²) in [5, 5.41) is 12.5. The van der Waals surface area contributed by atoms with E-state index >= 15 is 0 Å². The molecule has 40 heavy (non-hydrogen) atoms. The van der Waals surface area contributed by atoms with Gasteiger partial charge >= 0.3 is 15.0 Å². The van der Waals surface area contributed by atoms with Crippen molar-refractivity contribution in [3.8, 4) is 0 Å². The number of sulfonamides is 1. The monoisotopic (exact) mass is 570 g/mol. The van der Waals surface area contributed by atoms with Crippen LogP contribution in [0.2, 0.25) is 0 Å². The van der Waals surface area contributed by atoms with Gasteiger partial charge in [0.05, 0.1) is 18.6 Å². The van der Waals surface area contributed by atoms with E-state index < -0.39 is 69.6 Å². The number of nitrogens with one attached hydrogen (secondary N) is 1. The van der Waals surface area contributed by atoms with Gasteiger partial charge in [0.2, 0.25) is 17.7 Å². The number of fused-ring (bicyclic) bond motifs is 1.